The highest BCUT2D eigenvalue weighted by Gasteiger charge is 2.71. The number of hydrogen-bond donors (Lipinski definition) is 4. The van der Waals surface area contributed by atoms with Crippen LogP contribution >= 0.6 is 27.3 Å². The highest BCUT2D eigenvalue weighted by Crippen LogP contribution is 2.68. The van der Waals surface area contributed by atoms with Crippen LogP contribution in [0.25, 0.3) is 32.7 Å². The fourth-order valence-corrected chi connectivity index (χ4v) is 26.1. The number of aliphatic imine (C=N–C) groups is 4. The Bertz CT molecular complexity index is 6440. The zero-order valence-corrected chi connectivity index (χ0v) is 79.0. The molecule has 4 fully saturated rings. The molecule has 0 bridgehead atoms. The molecule has 11 aromatic rings. The van der Waals surface area contributed by atoms with Crippen molar-refractivity contribution in [3.63, 3.8) is 0 Å². The third kappa shape index (κ3) is 15.4. The lowest BCUT2D eigenvalue weighted by Crippen LogP contribution is -2.52. The van der Waals surface area contributed by atoms with Gasteiger partial charge in [0.05, 0.1) is 67.2 Å². The zero-order chi connectivity index (χ0) is 93.2. The van der Waals surface area contributed by atoms with Gasteiger partial charge in [0.15, 0.2) is 46.0 Å². The van der Waals surface area contributed by atoms with Crippen LogP contribution in [0.3, 0.4) is 0 Å². The van der Waals surface area contributed by atoms with Gasteiger partial charge in [-0.3, -0.25) is 53.7 Å². The molecule has 3 aromatic heterocycles. The average molecular weight is 1890 g/mol. The predicted molar refractivity (Wildman–Crippen MR) is 524 cm³/mol. The number of hydrogen-bond acceptors (Lipinski definition) is 20. The van der Waals surface area contributed by atoms with Crippen molar-refractivity contribution in [2.45, 2.75) is 201 Å². The Labute approximate surface area is 799 Å². The van der Waals surface area contributed by atoms with Gasteiger partial charge in [-0.1, -0.05) is 186 Å². The molecule has 0 radical (unpaired) electrons. The number of benzene rings is 8. The van der Waals surface area contributed by atoms with Gasteiger partial charge in [0.1, 0.15) is 5.82 Å². The molecule has 26 heteroatoms. The number of thiazole rings is 1. The van der Waals surface area contributed by atoms with Crippen LogP contribution in [-0.2, 0) is 112 Å². The Morgan fingerprint density at radius 2 is 0.659 bits per heavy atom. The molecule has 8 aromatic carbocycles. The number of halogens is 2. The largest absolute Gasteiger partial charge is 0.381 e. The van der Waals surface area contributed by atoms with Crippen LogP contribution in [-0.4, -0.2) is 135 Å². The van der Waals surface area contributed by atoms with Crippen LogP contribution in [0.15, 0.2) is 273 Å². The number of aromatic nitrogens is 3. The monoisotopic (exact) mass is 1890 g/mol. The van der Waals surface area contributed by atoms with Crippen LogP contribution in [0.1, 0.15) is 169 Å². The topological polar surface area (TPSA) is 310 Å². The lowest BCUT2D eigenvalue weighted by Gasteiger charge is -2.45. The zero-order valence-electron chi connectivity index (χ0n) is 76.6. The third-order valence-electron chi connectivity index (χ3n) is 32.0. The number of pyridine rings is 2. The molecule has 12 aliphatic rings. The molecule has 8 aliphatic carbocycles. The molecule has 4 saturated carbocycles. The van der Waals surface area contributed by atoms with Crippen molar-refractivity contribution in [3.05, 3.63) is 326 Å². The Kier molecular flexibility index (Phi) is 24.4. The van der Waals surface area contributed by atoms with Crippen molar-refractivity contribution >= 4 is 74.7 Å². The number of fused-ring (bicyclic) bond motifs is 12. The van der Waals surface area contributed by atoms with Gasteiger partial charge in [-0.25, -0.2) is 24.4 Å². The van der Waals surface area contributed by atoms with Gasteiger partial charge in [0.25, 0.3) is 23.6 Å². The number of rotatable bonds is 15. The second-order valence-corrected chi connectivity index (χ2v) is 40.5. The predicted octanol–water partition coefficient (Wildman–Crippen LogP) is 17.6. The van der Waals surface area contributed by atoms with E-state index in [0.29, 0.717) is 49.6 Å². The van der Waals surface area contributed by atoms with Gasteiger partial charge in [-0.05, 0) is 260 Å². The second-order valence-electron chi connectivity index (χ2n) is 38.7. The van der Waals surface area contributed by atoms with Crippen LogP contribution in [0, 0.1) is 27.5 Å². The van der Waals surface area contributed by atoms with Crippen molar-refractivity contribution in [3.8, 4) is 32.7 Å². The van der Waals surface area contributed by atoms with Crippen molar-refractivity contribution in [1.29, 1.82) is 0 Å². The van der Waals surface area contributed by atoms with Crippen LogP contribution in [0.4, 0.5) is 4.39 Å². The van der Waals surface area contributed by atoms with Gasteiger partial charge < -0.3 is 41.9 Å². The number of ether oxygens (including phenoxy) is 4. The lowest BCUT2D eigenvalue weighted by atomic mass is 9.61. The summed E-state index contributed by atoms with van der Waals surface area (Å²) >= 11 is 5.21. The summed E-state index contributed by atoms with van der Waals surface area (Å²) in [5.41, 5.74) is 40.0. The smallest absolute Gasteiger partial charge is 0.262 e. The van der Waals surface area contributed by atoms with E-state index in [1.165, 1.54) is 29.0 Å². The summed E-state index contributed by atoms with van der Waals surface area (Å²) in [7, 11) is 7.08. The van der Waals surface area contributed by atoms with E-state index < -0.39 is 28.0 Å². The molecule has 8 spiro atoms. The van der Waals surface area contributed by atoms with Gasteiger partial charge in [-0.2, -0.15) is 0 Å². The summed E-state index contributed by atoms with van der Waals surface area (Å²) in [5, 5.41) is 0. The number of nitrogens with zero attached hydrogens (tertiary/aromatic N) is 11. The molecule has 135 heavy (non-hydrogen) atoms. The van der Waals surface area contributed by atoms with Gasteiger partial charge in [0, 0.05) is 84.9 Å². The van der Waals surface area contributed by atoms with E-state index in [-0.39, 0.29) is 75.7 Å². The van der Waals surface area contributed by atoms with Crippen LogP contribution < -0.4 is 22.9 Å². The molecule has 4 atom stereocenters. The SMILES string of the molecule is COC1CCC2(CC1)Cc1ccc(-c3cccnc3)cc1C21N=C(N)N(Cc2ccccc2)C1=O.COC1CCC2(CC1)Cc1ccc(-c3cncc(F)c3)cc1C21N=C(N)N(Cc2ccccc2)C1=O.COC1CCC2(CC1)Cc1ccc(-c3cncs3)cc1C21N=C(N)N(Cc2ccccc2)C1=O.COC1CCC2(CC1)Cc1ccc(Br)cc1C21N=C(N)N(Cc2ccccc2)C1=O. The molecule has 4 unspecified atom stereocenters. The summed E-state index contributed by atoms with van der Waals surface area (Å²) in [6.07, 6.45) is 26.8. The van der Waals surface area contributed by atoms with E-state index >= 15 is 0 Å². The minimum Gasteiger partial charge on any atom is -0.381 e. The minimum absolute atomic E-state index is 0.00296. The van der Waals surface area contributed by atoms with E-state index in [4.69, 9.17) is 61.9 Å². The molecule has 23 rings (SSSR count). The number of methoxy groups -OCH3 is 4. The van der Waals surface area contributed by atoms with E-state index in [9.17, 15) is 23.6 Å². The number of guanidine groups is 4. The first-order valence-electron chi connectivity index (χ1n) is 47.1. The molecule has 692 valence electrons. The summed E-state index contributed by atoms with van der Waals surface area (Å²) < 4.78 is 37.6. The van der Waals surface area contributed by atoms with E-state index in [2.05, 4.69) is 91.5 Å². The summed E-state index contributed by atoms with van der Waals surface area (Å²) in [4.78, 5) is 98.0. The fraction of sp³-hybridized carbons (Fsp3) is 0.367. The van der Waals surface area contributed by atoms with Crippen molar-refractivity contribution in [2.24, 2.45) is 64.6 Å². The minimum atomic E-state index is -1.10. The molecule has 0 saturated heterocycles. The first-order valence-corrected chi connectivity index (χ1v) is 48.8. The van der Waals surface area contributed by atoms with Crippen LogP contribution in [0.5, 0.6) is 0 Å². The number of amides is 4. The normalized spacial score (nSPS) is 28.1. The first kappa shape index (κ1) is 90.5. The van der Waals surface area contributed by atoms with Gasteiger partial charge in [0.2, 0.25) is 0 Å². The Hall–Kier alpha value is -12.3. The molecule has 8 N–H and O–H groups in total. The molecule has 4 amide bonds. The van der Waals surface area contributed by atoms with Gasteiger partial charge >= 0.3 is 0 Å². The molecule has 4 aliphatic heterocycles. The van der Waals surface area contributed by atoms with Crippen molar-refractivity contribution in [1.82, 2.24) is 34.6 Å². The molecular weight excluding hydrogens is 1780 g/mol. The Balaban J connectivity index is 0.000000112. The van der Waals surface area contributed by atoms with Crippen molar-refractivity contribution in [2.75, 3.05) is 28.4 Å². The first-order chi connectivity index (χ1) is 65.6. The third-order valence-corrected chi connectivity index (χ3v) is 33.3. The maximum absolute atomic E-state index is 14.5. The molecule has 7 heterocycles. The maximum atomic E-state index is 14.5. The highest BCUT2D eigenvalue weighted by molar-refractivity contribution is 9.10. The summed E-state index contributed by atoms with van der Waals surface area (Å²) in [5.74, 6) is 0.745. The Morgan fingerprint density at radius 3 is 0.970 bits per heavy atom. The number of carbonyl (C=O) groups excluding carboxylic acids is 4. The fourth-order valence-electron chi connectivity index (χ4n) is 25.1. The van der Waals surface area contributed by atoms with E-state index in [1.807, 2.05) is 163 Å². The van der Waals surface area contributed by atoms with E-state index in [1.54, 1.807) is 71.8 Å². The van der Waals surface area contributed by atoms with Gasteiger partial charge in [-0.15, -0.1) is 11.3 Å². The average Bonchev–Trinajstić information content (AvgIpc) is 1.54. The quantitative estimate of drug-likeness (QED) is 0.0741. The second kappa shape index (κ2) is 36.4. The molecule has 23 nitrogen and oxygen atoms in total. The lowest BCUT2D eigenvalue weighted by molar-refractivity contribution is -0.139. The van der Waals surface area contributed by atoms with Crippen molar-refractivity contribution < 1.29 is 42.5 Å². The van der Waals surface area contributed by atoms with E-state index in [0.717, 1.165) is 210 Å². The maximum Gasteiger partial charge on any atom is 0.262 e. The highest BCUT2D eigenvalue weighted by atomic mass is 79.9. The summed E-state index contributed by atoms with van der Waals surface area (Å²) in [6, 6.07) is 70.5. The molecular formula is C109H113BrFN15O8S. The standard InChI is InChI=1S/C29H29FN4O2.C29H30N4O2.C27H28N4O2S.C24H26BrN3O2/c1-36-24-9-11-28(12-10-24)15-21-8-7-20(22-13-23(30)17-32-16-22)14-25(21)29(28)26(35)34(27(31)33-29)18-19-5-3-2-4-6-19;1-35-24-11-13-28(14-12-24)17-22-10-9-21(23-8-5-15-31-18-23)16-25(22)29(28)26(34)33(27(30)32-29)19-20-6-3-2-4-7-20;1-33-21-9-11-26(12-10-21)14-20-8-7-19(23-15-29-17-34-23)13-22(20)27(26)24(32)31(25(28)30-27)16-18-5-3-2-4-6-18;1-30-19-9-11-23(12-10-19)14-17-7-8-18(25)13-20(17)24(23)21(29)28(22(26)27-24)15-16-5-3-2-4-6-16/h2-8,13-14,16-17,24H,9-12,15,18H2,1H3,(H2,31,33);2-10,15-16,18,24H,11-14,17,19H2,1H3,(H2,30,32);2-8,13,15,17,21H,9-12,14,16H2,1H3,(H2,28,30);2-8,13,19H,9-12,14-15H2,1H3,(H2,26,27). The van der Waals surface area contributed by atoms with Crippen LogP contribution in [0.2, 0.25) is 0 Å². The Morgan fingerprint density at radius 1 is 0.348 bits per heavy atom. The number of carbonyl (C=O) groups is 4. The number of nitrogens with two attached hydrogens (primary N) is 4. The summed E-state index contributed by atoms with van der Waals surface area (Å²) in [6.45, 7) is 1.66.